The van der Waals surface area contributed by atoms with Crippen LogP contribution in [0.5, 0.6) is 0 Å². The van der Waals surface area contributed by atoms with Gasteiger partial charge in [-0.2, -0.15) is 9.35 Å². The average molecular weight is 345 g/mol. The SMILES string of the molecule is Cc1nc(-c2ccc(N=S(C)(=O)Cc3ccc(F)cc3)cc2)no1. The molecular weight excluding hydrogens is 329 g/mol. The number of aryl methyl sites for hydroxylation is 1. The Morgan fingerprint density at radius 2 is 1.79 bits per heavy atom. The number of hydrogen-bond acceptors (Lipinski definition) is 5. The van der Waals surface area contributed by atoms with Gasteiger partial charge >= 0.3 is 0 Å². The van der Waals surface area contributed by atoms with E-state index < -0.39 is 9.73 Å². The first-order valence-corrected chi connectivity index (χ1v) is 9.35. The largest absolute Gasteiger partial charge is 0.339 e. The zero-order valence-corrected chi connectivity index (χ0v) is 14.1. The van der Waals surface area contributed by atoms with Crippen LogP contribution in [0.4, 0.5) is 10.1 Å². The van der Waals surface area contributed by atoms with E-state index in [4.69, 9.17) is 4.52 Å². The standard InChI is InChI=1S/C17H16FN3O2S/c1-12-19-17(20-23-12)14-5-9-16(10-6-14)21-24(2,22)11-13-3-7-15(18)8-4-13/h3-10H,11H2,1-2H3. The Kier molecular flexibility index (Phi) is 4.44. The zero-order chi connectivity index (χ0) is 17.2. The molecule has 1 heterocycles. The molecule has 1 aromatic heterocycles. The van der Waals surface area contributed by atoms with Crippen molar-refractivity contribution >= 4 is 15.4 Å². The normalized spacial score (nSPS) is 13.5. The van der Waals surface area contributed by atoms with Crippen LogP contribution in [0.25, 0.3) is 11.4 Å². The number of nitrogens with zero attached hydrogens (tertiary/aromatic N) is 3. The molecule has 124 valence electrons. The molecule has 0 bridgehead atoms. The van der Waals surface area contributed by atoms with E-state index in [1.807, 2.05) is 0 Å². The Morgan fingerprint density at radius 1 is 1.12 bits per heavy atom. The number of hydrogen-bond donors (Lipinski definition) is 0. The highest BCUT2D eigenvalue weighted by Gasteiger charge is 2.07. The Hall–Kier alpha value is -2.54. The third-order valence-corrected chi connectivity index (χ3v) is 4.77. The lowest BCUT2D eigenvalue weighted by Crippen LogP contribution is -2.00. The number of benzene rings is 2. The van der Waals surface area contributed by atoms with Crippen molar-refractivity contribution in [3.63, 3.8) is 0 Å². The lowest BCUT2D eigenvalue weighted by molar-refractivity contribution is 0.394. The molecule has 3 rings (SSSR count). The van der Waals surface area contributed by atoms with Crippen molar-refractivity contribution in [1.29, 1.82) is 0 Å². The van der Waals surface area contributed by atoms with E-state index in [1.54, 1.807) is 49.6 Å². The van der Waals surface area contributed by atoms with Crippen molar-refractivity contribution < 1.29 is 13.1 Å². The maximum absolute atomic E-state index is 12.9. The quantitative estimate of drug-likeness (QED) is 0.713. The molecule has 2 aromatic carbocycles. The summed E-state index contributed by atoms with van der Waals surface area (Å²) in [6.45, 7) is 1.72. The van der Waals surface area contributed by atoms with E-state index in [9.17, 15) is 8.60 Å². The third kappa shape index (κ3) is 4.05. The molecule has 0 N–H and O–H groups in total. The van der Waals surface area contributed by atoms with E-state index in [-0.39, 0.29) is 11.6 Å². The van der Waals surface area contributed by atoms with Crippen LogP contribution in [-0.4, -0.2) is 20.6 Å². The molecule has 0 aliphatic rings. The third-order valence-electron chi connectivity index (χ3n) is 3.30. The summed E-state index contributed by atoms with van der Waals surface area (Å²) < 4.78 is 34.9. The molecule has 24 heavy (non-hydrogen) atoms. The van der Waals surface area contributed by atoms with Crippen LogP contribution in [0, 0.1) is 12.7 Å². The summed E-state index contributed by atoms with van der Waals surface area (Å²) in [4.78, 5) is 4.15. The van der Waals surface area contributed by atoms with E-state index in [2.05, 4.69) is 14.5 Å². The van der Waals surface area contributed by atoms with Gasteiger partial charge in [0.05, 0.1) is 21.2 Å². The lowest BCUT2D eigenvalue weighted by atomic mass is 10.2. The van der Waals surface area contributed by atoms with Crippen LogP contribution in [0.2, 0.25) is 0 Å². The first-order valence-electron chi connectivity index (χ1n) is 7.26. The zero-order valence-electron chi connectivity index (χ0n) is 13.3. The summed E-state index contributed by atoms with van der Waals surface area (Å²) >= 11 is 0. The minimum atomic E-state index is -2.47. The van der Waals surface area contributed by atoms with Crippen LogP contribution < -0.4 is 0 Å². The lowest BCUT2D eigenvalue weighted by Gasteiger charge is -2.05. The van der Waals surface area contributed by atoms with Gasteiger partial charge in [-0.25, -0.2) is 8.60 Å². The summed E-state index contributed by atoms with van der Waals surface area (Å²) in [5.74, 6) is 0.946. The average Bonchev–Trinajstić information content (AvgIpc) is 2.96. The van der Waals surface area contributed by atoms with Gasteiger partial charge in [0, 0.05) is 18.7 Å². The van der Waals surface area contributed by atoms with E-state index in [0.717, 1.165) is 11.1 Å². The molecule has 0 saturated heterocycles. The molecule has 0 aliphatic carbocycles. The van der Waals surface area contributed by atoms with Crippen molar-refractivity contribution in [2.75, 3.05) is 6.26 Å². The monoisotopic (exact) mass is 345 g/mol. The highest BCUT2D eigenvalue weighted by molar-refractivity contribution is 7.92. The smallest absolute Gasteiger partial charge is 0.223 e. The molecule has 0 fully saturated rings. The number of halogens is 1. The highest BCUT2D eigenvalue weighted by atomic mass is 32.2. The second kappa shape index (κ2) is 6.52. The number of rotatable bonds is 4. The summed E-state index contributed by atoms with van der Waals surface area (Å²) in [5.41, 5.74) is 2.19. The van der Waals surface area contributed by atoms with Gasteiger partial charge in [0.1, 0.15) is 5.82 Å². The van der Waals surface area contributed by atoms with Gasteiger partial charge < -0.3 is 4.52 Å². The maximum Gasteiger partial charge on any atom is 0.223 e. The van der Waals surface area contributed by atoms with Crippen molar-refractivity contribution in [3.8, 4) is 11.4 Å². The predicted octanol–water partition coefficient (Wildman–Crippen LogP) is 4.11. The fourth-order valence-electron chi connectivity index (χ4n) is 2.23. The van der Waals surface area contributed by atoms with Gasteiger partial charge in [0.15, 0.2) is 0 Å². The Balaban J connectivity index is 1.81. The fourth-order valence-corrected chi connectivity index (χ4v) is 3.68. The first-order chi connectivity index (χ1) is 11.4. The van der Waals surface area contributed by atoms with Gasteiger partial charge in [0.2, 0.25) is 11.7 Å². The fraction of sp³-hybridized carbons (Fsp3) is 0.176. The Morgan fingerprint density at radius 3 is 2.38 bits per heavy atom. The van der Waals surface area contributed by atoms with Crippen molar-refractivity contribution in [1.82, 2.24) is 10.1 Å². The minimum absolute atomic E-state index is 0.263. The van der Waals surface area contributed by atoms with Crippen molar-refractivity contribution in [3.05, 3.63) is 65.8 Å². The molecule has 1 atom stereocenters. The van der Waals surface area contributed by atoms with Crippen LogP contribution in [0.15, 0.2) is 57.4 Å². The summed E-state index contributed by atoms with van der Waals surface area (Å²) in [6.07, 6.45) is 1.59. The molecular formula is C17H16FN3O2S. The Bertz CT molecular complexity index is 956. The highest BCUT2D eigenvalue weighted by Crippen LogP contribution is 2.22. The van der Waals surface area contributed by atoms with Gasteiger partial charge in [-0.3, -0.25) is 0 Å². The molecule has 0 radical (unpaired) electrons. The first kappa shape index (κ1) is 16.3. The molecule has 0 amide bonds. The van der Waals surface area contributed by atoms with E-state index >= 15 is 0 Å². The van der Waals surface area contributed by atoms with Crippen LogP contribution in [-0.2, 0) is 15.5 Å². The molecule has 0 saturated carbocycles. The summed E-state index contributed by atoms with van der Waals surface area (Å²) in [7, 11) is -2.47. The van der Waals surface area contributed by atoms with Gasteiger partial charge in [0.25, 0.3) is 0 Å². The molecule has 7 heteroatoms. The van der Waals surface area contributed by atoms with Crippen molar-refractivity contribution in [2.24, 2.45) is 4.36 Å². The van der Waals surface area contributed by atoms with Gasteiger partial charge in [-0.05, 0) is 42.0 Å². The van der Waals surface area contributed by atoms with Crippen LogP contribution in [0.1, 0.15) is 11.5 Å². The molecule has 0 spiro atoms. The van der Waals surface area contributed by atoms with Gasteiger partial charge in [-0.1, -0.05) is 17.3 Å². The second-order valence-electron chi connectivity index (χ2n) is 5.51. The molecule has 3 aromatic rings. The topological polar surface area (TPSA) is 68.3 Å². The van der Waals surface area contributed by atoms with E-state index in [1.165, 1.54) is 12.1 Å². The van der Waals surface area contributed by atoms with Crippen LogP contribution >= 0.6 is 0 Å². The second-order valence-corrected chi connectivity index (χ2v) is 7.90. The van der Waals surface area contributed by atoms with E-state index in [0.29, 0.717) is 17.4 Å². The molecule has 5 nitrogen and oxygen atoms in total. The van der Waals surface area contributed by atoms with Crippen LogP contribution in [0.3, 0.4) is 0 Å². The van der Waals surface area contributed by atoms with Gasteiger partial charge in [-0.15, -0.1) is 0 Å². The maximum atomic E-state index is 12.9. The predicted molar refractivity (Wildman–Crippen MR) is 90.7 cm³/mol. The van der Waals surface area contributed by atoms with Crippen molar-refractivity contribution in [2.45, 2.75) is 12.7 Å². The summed E-state index contributed by atoms with van der Waals surface area (Å²) in [6, 6.07) is 13.1. The number of aromatic nitrogens is 2. The minimum Gasteiger partial charge on any atom is -0.339 e. The molecule has 1 unspecified atom stereocenters. The summed E-state index contributed by atoms with van der Waals surface area (Å²) in [5, 5.41) is 3.85. The Labute approximate surface area is 139 Å². The molecule has 0 aliphatic heterocycles.